The molecule has 8 nitrogen and oxygen atoms in total. The molecule has 0 bridgehead atoms. The quantitative estimate of drug-likeness (QED) is 0.0752. The highest BCUT2D eigenvalue weighted by Gasteiger charge is 2.39. The van der Waals surface area contributed by atoms with Gasteiger partial charge in [-0.15, -0.1) is 0 Å². The Morgan fingerprint density at radius 1 is 0.778 bits per heavy atom. The van der Waals surface area contributed by atoms with Crippen molar-refractivity contribution in [2.45, 2.75) is 64.1 Å². The Hall–Kier alpha value is -4.05. The molecule has 0 saturated heterocycles. The molecule has 0 N–H and O–H groups in total. The van der Waals surface area contributed by atoms with Crippen LogP contribution in [0.4, 0.5) is 0 Å². The molecule has 45 heavy (non-hydrogen) atoms. The second-order valence-corrected chi connectivity index (χ2v) is 17.5. The number of nitrogens with zero attached hydrogens (tertiary/aromatic N) is 4. The van der Waals surface area contributed by atoms with Gasteiger partial charge in [-0.05, 0) is 65.5 Å². The van der Waals surface area contributed by atoms with Crippen LogP contribution in [0.5, 0.6) is 11.5 Å². The first kappa shape index (κ1) is 32.3. The topological polar surface area (TPSA) is 80.5 Å². The molecule has 0 aliphatic heterocycles. The minimum absolute atomic E-state index is 0.157. The van der Waals surface area contributed by atoms with E-state index in [-0.39, 0.29) is 11.6 Å². The van der Waals surface area contributed by atoms with Crippen LogP contribution in [0.3, 0.4) is 0 Å². The molecule has 5 rings (SSSR count). The minimum atomic E-state index is -1.85. The molecule has 9 heteroatoms. The minimum Gasteiger partial charge on any atom is -0.497 e. The van der Waals surface area contributed by atoms with Crippen molar-refractivity contribution in [2.24, 2.45) is 0 Å². The lowest BCUT2D eigenvalue weighted by molar-refractivity contribution is -0.00445. The molecule has 2 aromatic heterocycles. The van der Waals surface area contributed by atoms with Gasteiger partial charge in [0.2, 0.25) is 0 Å². The largest absolute Gasteiger partial charge is 0.497 e. The Kier molecular flexibility index (Phi) is 9.72. The smallest absolute Gasteiger partial charge is 0.191 e. The fourth-order valence-corrected chi connectivity index (χ4v) is 6.37. The number of fused-ring (bicyclic) bond motifs is 1. The van der Waals surface area contributed by atoms with Gasteiger partial charge in [-0.1, -0.05) is 75.4 Å². The van der Waals surface area contributed by atoms with Crippen LogP contribution in [0.2, 0.25) is 18.1 Å². The van der Waals surface area contributed by atoms with E-state index in [0.717, 1.165) is 51.6 Å². The van der Waals surface area contributed by atoms with Crippen molar-refractivity contribution < 1.29 is 18.6 Å². The van der Waals surface area contributed by atoms with Crippen LogP contribution in [0.1, 0.15) is 49.7 Å². The molecule has 0 atom stereocenters. The van der Waals surface area contributed by atoms with Gasteiger partial charge in [-0.25, -0.2) is 15.0 Å². The number of methoxy groups -OCH3 is 2. The summed E-state index contributed by atoms with van der Waals surface area (Å²) in [4.78, 5) is 13.8. The number of hydrogen-bond donors (Lipinski definition) is 0. The zero-order valence-corrected chi connectivity index (χ0v) is 28.4. The Labute approximate surface area is 267 Å². The molecule has 5 aromatic rings. The highest BCUT2D eigenvalue weighted by molar-refractivity contribution is 6.74. The van der Waals surface area contributed by atoms with E-state index in [0.29, 0.717) is 13.2 Å². The summed E-state index contributed by atoms with van der Waals surface area (Å²) in [6, 6.07) is 26.4. The summed E-state index contributed by atoms with van der Waals surface area (Å²) in [6.45, 7) is 13.0. The Morgan fingerprint density at radius 3 is 1.91 bits per heavy atom. The van der Waals surface area contributed by atoms with Crippen LogP contribution in [0, 0.1) is 0 Å². The van der Waals surface area contributed by atoms with Gasteiger partial charge in [0.1, 0.15) is 41.4 Å². The highest BCUT2D eigenvalue weighted by Crippen LogP contribution is 2.42. The van der Waals surface area contributed by atoms with Crippen molar-refractivity contribution in [3.05, 3.63) is 114 Å². The standard InChI is InChI=1S/C36H44N4O4Si/c1-35(2,3)45(6,7)44-23-11-22-40-33(39-32-24-37-26-38-34(32)40)25-43-36(27-12-9-8-10-13-27,28-14-18-30(41-4)19-15-28)29-16-20-31(42-5)21-17-29/h8-10,12-21,24,26H,11,22-23,25H2,1-7H3. The van der Waals surface area contributed by atoms with Crippen molar-refractivity contribution in [3.63, 3.8) is 0 Å². The van der Waals surface area contributed by atoms with E-state index >= 15 is 0 Å². The van der Waals surface area contributed by atoms with Gasteiger partial charge < -0.3 is 23.2 Å². The number of imidazole rings is 1. The van der Waals surface area contributed by atoms with E-state index in [9.17, 15) is 0 Å². The summed E-state index contributed by atoms with van der Waals surface area (Å²) >= 11 is 0. The predicted octanol–water partition coefficient (Wildman–Crippen LogP) is 7.76. The lowest BCUT2D eigenvalue weighted by Gasteiger charge is -2.36. The third kappa shape index (κ3) is 6.80. The molecule has 0 radical (unpaired) electrons. The summed E-state index contributed by atoms with van der Waals surface area (Å²) in [5.74, 6) is 2.33. The average molecular weight is 625 g/mol. The maximum absolute atomic E-state index is 7.16. The Morgan fingerprint density at radius 2 is 1.36 bits per heavy atom. The van der Waals surface area contributed by atoms with Gasteiger partial charge in [0.15, 0.2) is 14.0 Å². The number of benzene rings is 3. The van der Waals surface area contributed by atoms with Crippen LogP contribution < -0.4 is 9.47 Å². The number of aromatic nitrogens is 4. The fraction of sp³-hybridized carbons (Fsp3) is 0.361. The lowest BCUT2D eigenvalue weighted by atomic mass is 9.80. The molecule has 2 heterocycles. The third-order valence-electron chi connectivity index (χ3n) is 8.88. The van der Waals surface area contributed by atoms with Gasteiger partial charge in [-0.3, -0.25) is 0 Å². The van der Waals surface area contributed by atoms with E-state index in [1.807, 2.05) is 42.5 Å². The maximum atomic E-state index is 7.16. The SMILES string of the molecule is COc1ccc(C(OCc2nc3cncnc3n2CCCO[Si](C)(C)C(C)(C)C)(c2ccccc2)c2ccc(OC)cc2)cc1. The normalized spacial score (nSPS) is 12.4. The zero-order valence-electron chi connectivity index (χ0n) is 27.4. The summed E-state index contributed by atoms with van der Waals surface area (Å²) in [5.41, 5.74) is 3.48. The van der Waals surface area contributed by atoms with Gasteiger partial charge in [0.25, 0.3) is 0 Å². The van der Waals surface area contributed by atoms with Crippen molar-refractivity contribution in [1.82, 2.24) is 19.5 Å². The first-order valence-electron chi connectivity index (χ1n) is 15.4. The van der Waals surface area contributed by atoms with Gasteiger partial charge in [-0.2, -0.15) is 0 Å². The van der Waals surface area contributed by atoms with Crippen LogP contribution in [0.15, 0.2) is 91.4 Å². The van der Waals surface area contributed by atoms with E-state index in [2.05, 4.69) is 84.8 Å². The molecule has 236 valence electrons. The van der Waals surface area contributed by atoms with Crippen LogP contribution in [0.25, 0.3) is 11.2 Å². The molecule has 0 spiro atoms. The van der Waals surface area contributed by atoms with Crippen LogP contribution in [-0.4, -0.2) is 48.7 Å². The molecule has 0 unspecified atom stereocenters. The zero-order chi connectivity index (χ0) is 32.1. The Bertz CT molecular complexity index is 1630. The van der Waals surface area contributed by atoms with Gasteiger partial charge in [0, 0.05) is 13.2 Å². The first-order valence-corrected chi connectivity index (χ1v) is 18.3. The van der Waals surface area contributed by atoms with Crippen molar-refractivity contribution in [1.29, 1.82) is 0 Å². The number of ether oxygens (including phenoxy) is 3. The highest BCUT2D eigenvalue weighted by atomic mass is 28.4. The lowest BCUT2D eigenvalue weighted by Crippen LogP contribution is -2.41. The number of hydrogen-bond acceptors (Lipinski definition) is 7. The first-order chi connectivity index (χ1) is 21.6. The summed E-state index contributed by atoms with van der Waals surface area (Å²) in [7, 11) is 1.49. The predicted molar refractivity (Wildman–Crippen MR) is 180 cm³/mol. The molecule has 0 amide bonds. The summed E-state index contributed by atoms with van der Waals surface area (Å²) in [6.07, 6.45) is 4.15. The van der Waals surface area contributed by atoms with E-state index < -0.39 is 13.9 Å². The summed E-state index contributed by atoms with van der Waals surface area (Å²) in [5, 5.41) is 0.157. The molecule has 3 aromatic carbocycles. The van der Waals surface area contributed by atoms with Crippen molar-refractivity contribution in [2.75, 3.05) is 20.8 Å². The maximum Gasteiger partial charge on any atom is 0.191 e. The summed E-state index contributed by atoms with van der Waals surface area (Å²) < 4.78 is 26.8. The average Bonchev–Trinajstić information content (AvgIpc) is 3.41. The second kappa shape index (κ2) is 13.5. The van der Waals surface area contributed by atoms with Crippen LogP contribution in [-0.2, 0) is 27.9 Å². The van der Waals surface area contributed by atoms with E-state index in [4.69, 9.17) is 23.6 Å². The molecular formula is C36H44N4O4Si. The van der Waals surface area contributed by atoms with Crippen molar-refractivity contribution >= 4 is 19.5 Å². The molecule has 0 fully saturated rings. The molecule has 0 saturated carbocycles. The molecule has 0 aliphatic rings. The van der Waals surface area contributed by atoms with Gasteiger partial charge >= 0.3 is 0 Å². The van der Waals surface area contributed by atoms with E-state index in [1.165, 1.54) is 0 Å². The fourth-order valence-electron chi connectivity index (χ4n) is 5.28. The molecule has 0 aliphatic carbocycles. The number of aryl methyl sites for hydroxylation is 1. The second-order valence-electron chi connectivity index (χ2n) is 12.7. The Balaban J connectivity index is 1.54. The third-order valence-corrected chi connectivity index (χ3v) is 13.4. The van der Waals surface area contributed by atoms with Gasteiger partial charge in [0.05, 0.1) is 20.4 Å². The monoisotopic (exact) mass is 624 g/mol. The van der Waals surface area contributed by atoms with E-state index in [1.54, 1.807) is 26.7 Å². The van der Waals surface area contributed by atoms with Crippen LogP contribution >= 0.6 is 0 Å². The molecular weight excluding hydrogens is 581 g/mol. The van der Waals surface area contributed by atoms with Crippen molar-refractivity contribution in [3.8, 4) is 11.5 Å². The number of rotatable bonds is 13.